The maximum absolute atomic E-state index is 13.4. The highest BCUT2D eigenvalue weighted by Crippen LogP contribution is 2.22. The molecule has 1 aromatic carbocycles. The zero-order valence-electron chi connectivity index (χ0n) is 11.7. The van der Waals surface area contributed by atoms with E-state index in [0.717, 1.165) is 12.1 Å². The van der Waals surface area contributed by atoms with Crippen LogP contribution in [0.5, 0.6) is 0 Å². The predicted molar refractivity (Wildman–Crippen MR) is 72.3 cm³/mol. The number of hydrogen-bond donors (Lipinski definition) is 0. The first-order valence-corrected chi connectivity index (χ1v) is 6.59. The van der Waals surface area contributed by atoms with Crippen molar-refractivity contribution in [3.63, 3.8) is 0 Å². The summed E-state index contributed by atoms with van der Waals surface area (Å²) in [6.45, 7) is 6.73. The number of halogens is 2. The van der Waals surface area contributed by atoms with Gasteiger partial charge in [-0.2, -0.15) is 0 Å². The van der Waals surface area contributed by atoms with Crippen molar-refractivity contribution in [2.24, 2.45) is 0 Å². The first-order valence-electron chi connectivity index (χ1n) is 6.59. The molecule has 1 aromatic heterocycles. The summed E-state index contributed by atoms with van der Waals surface area (Å²) in [6.07, 6.45) is 1.44. The molecule has 4 nitrogen and oxygen atoms in total. The number of imidazole rings is 1. The summed E-state index contributed by atoms with van der Waals surface area (Å²) in [4.78, 5) is 18.0. The molecule has 0 bridgehead atoms. The fourth-order valence-corrected chi connectivity index (χ4v) is 2.25. The molecule has 1 amide bonds. The van der Waals surface area contributed by atoms with Gasteiger partial charge in [0.25, 0.3) is 0 Å². The van der Waals surface area contributed by atoms with Crippen molar-refractivity contribution in [2.75, 3.05) is 13.1 Å². The molecule has 0 saturated heterocycles. The number of fused-ring (bicyclic) bond motifs is 1. The van der Waals surface area contributed by atoms with Crippen LogP contribution in [0.4, 0.5) is 8.78 Å². The number of carbonyl (C=O) groups is 1. The average Bonchev–Trinajstić information content (AvgIpc) is 2.82. The van der Waals surface area contributed by atoms with E-state index in [2.05, 4.69) is 4.98 Å². The third kappa shape index (κ3) is 2.37. The van der Waals surface area contributed by atoms with Crippen molar-refractivity contribution in [3.05, 3.63) is 30.1 Å². The van der Waals surface area contributed by atoms with E-state index < -0.39 is 17.7 Å². The van der Waals surface area contributed by atoms with Crippen LogP contribution in [-0.4, -0.2) is 33.4 Å². The molecule has 20 heavy (non-hydrogen) atoms. The van der Waals surface area contributed by atoms with Crippen LogP contribution < -0.4 is 0 Å². The summed E-state index contributed by atoms with van der Waals surface area (Å²) in [5, 5.41) is 0. The maximum Gasteiger partial charge on any atom is 0.245 e. The second kappa shape index (κ2) is 5.56. The Bertz CT molecular complexity index is 635. The molecule has 1 atom stereocenters. The summed E-state index contributed by atoms with van der Waals surface area (Å²) < 4.78 is 28.1. The van der Waals surface area contributed by atoms with Crippen LogP contribution in [0.2, 0.25) is 0 Å². The van der Waals surface area contributed by atoms with Crippen molar-refractivity contribution in [1.82, 2.24) is 14.5 Å². The van der Waals surface area contributed by atoms with Gasteiger partial charge in [-0.25, -0.2) is 13.8 Å². The molecule has 1 heterocycles. The number of amides is 1. The van der Waals surface area contributed by atoms with Crippen molar-refractivity contribution < 1.29 is 13.6 Å². The summed E-state index contributed by atoms with van der Waals surface area (Å²) in [6, 6.07) is 1.60. The Labute approximate surface area is 116 Å². The zero-order chi connectivity index (χ0) is 14.9. The Morgan fingerprint density at radius 1 is 1.30 bits per heavy atom. The Balaban J connectivity index is 2.42. The molecule has 0 fully saturated rings. The van der Waals surface area contributed by atoms with Crippen LogP contribution in [0, 0.1) is 11.6 Å². The van der Waals surface area contributed by atoms with Crippen molar-refractivity contribution in [3.8, 4) is 0 Å². The van der Waals surface area contributed by atoms with Crippen molar-refractivity contribution in [2.45, 2.75) is 26.8 Å². The molecule has 2 aromatic rings. The van der Waals surface area contributed by atoms with Crippen LogP contribution >= 0.6 is 0 Å². The first kappa shape index (κ1) is 14.4. The number of benzene rings is 1. The third-order valence-electron chi connectivity index (χ3n) is 3.47. The molecule has 0 radical (unpaired) electrons. The number of carbonyl (C=O) groups excluding carboxylic acids is 1. The Morgan fingerprint density at radius 2 is 1.90 bits per heavy atom. The Morgan fingerprint density at radius 3 is 2.50 bits per heavy atom. The first-order chi connectivity index (χ1) is 9.49. The van der Waals surface area contributed by atoms with E-state index in [1.165, 1.54) is 6.33 Å². The topological polar surface area (TPSA) is 38.1 Å². The van der Waals surface area contributed by atoms with Gasteiger partial charge in [-0.3, -0.25) is 4.79 Å². The molecule has 1 unspecified atom stereocenters. The fraction of sp³-hybridized carbons (Fsp3) is 0.429. The van der Waals surface area contributed by atoms with Gasteiger partial charge in [0.2, 0.25) is 5.91 Å². The molecule has 0 aliphatic carbocycles. The van der Waals surface area contributed by atoms with Gasteiger partial charge in [-0.1, -0.05) is 0 Å². The predicted octanol–water partition coefficient (Wildman–Crippen LogP) is 2.74. The van der Waals surface area contributed by atoms with E-state index in [1.807, 2.05) is 13.8 Å². The number of likely N-dealkylation sites (N-methyl/N-ethyl adjacent to an activating group) is 1. The zero-order valence-corrected chi connectivity index (χ0v) is 11.7. The molecule has 0 N–H and O–H groups in total. The Kier molecular flexibility index (Phi) is 4.01. The van der Waals surface area contributed by atoms with E-state index in [0.29, 0.717) is 24.1 Å². The van der Waals surface area contributed by atoms with Gasteiger partial charge in [0.1, 0.15) is 6.04 Å². The monoisotopic (exact) mass is 281 g/mol. The van der Waals surface area contributed by atoms with Gasteiger partial charge < -0.3 is 9.47 Å². The minimum absolute atomic E-state index is 0.0703. The molecule has 2 rings (SSSR count). The summed E-state index contributed by atoms with van der Waals surface area (Å²) in [7, 11) is 0. The van der Waals surface area contributed by atoms with Gasteiger partial charge in [0.05, 0.1) is 17.4 Å². The van der Waals surface area contributed by atoms with Gasteiger partial charge in [0.15, 0.2) is 11.6 Å². The van der Waals surface area contributed by atoms with Crippen LogP contribution in [0.15, 0.2) is 18.5 Å². The van der Waals surface area contributed by atoms with Crippen LogP contribution in [0.25, 0.3) is 11.0 Å². The van der Waals surface area contributed by atoms with Gasteiger partial charge in [-0.15, -0.1) is 0 Å². The summed E-state index contributed by atoms with van der Waals surface area (Å²) in [5.41, 5.74) is 0.750. The molecule has 0 aliphatic heterocycles. The lowest BCUT2D eigenvalue weighted by atomic mass is 10.2. The molecule has 6 heteroatoms. The molecule has 0 aliphatic rings. The minimum atomic E-state index is -0.943. The number of nitrogens with zero attached hydrogens (tertiary/aromatic N) is 3. The molecule has 0 saturated carbocycles. The SMILES string of the molecule is CCN(CC)C(=O)C(C)n1cnc2cc(F)c(F)cc21. The molecular weight excluding hydrogens is 264 g/mol. The average molecular weight is 281 g/mol. The standard InChI is InChI=1S/C14H17F2N3O/c1-4-18(5-2)14(20)9(3)19-8-17-12-6-10(15)11(16)7-13(12)19/h6-9H,4-5H2,1-3H3. The molecule has 0 spiro atoms. The number of rotatable bonds is 4. The second-order valence-corrected chi connectivity index (χ2v) is 4.59. The largest absolute Gasteiger partial charge is 0.341 e. The van der Waals surface area contributed by atoms with Gasteiger partial charge in [0, 0.05) is 25.2 Å². The van der Waals surface area contributed by atoms with Crippen molar-refractivity contribution in [1.29, 1.82) is 0 Å². The summed E-state index contributed by atoms with van der Waals surface area (Å²) >= 11 is 0. The van der Waals surface area contributed by atoms with E-state index >= 15 is 0 Å². The third-order valence-corrected chi connectivity index (χ3v) is 3.47. The van der Waals surface area contributed by atoms with Crippen LogP contribution in [0.3, 0.4) is 0 Å². The van der Waals surface area contributed by atoms with Crippen LogP contribution in [-0.2, 0) is 4.79 Å². The van der Waals surface area contributed by atoms with Gasteiger partial charge >= 0.3 is 0 Å². The highest BCUT2D eigenvalue weighted by Gasteiger charge is 2.22. The normalized spacial score (nSPS) is 12.7. The highest BCUT2D eigenvalue weighted by molar-refractivity contribution is 5.83. The fourth-order valence-electron chi connectivity index (χ4n) is 2.25. The molecule has 108 valence electrons. The summed E-state index contributed by atoms with van der Waals surface area (Å²) in [5.74, 6) is -1.95. The van der Waals surface area contributed by atoms with E-state index in [4.69, 9.17) is 0 Å². The highest BCUT2D eigenvalue weighted by atomic mass is 19.2. The Hall–Kier alpha value is -1.98. The number of aromatic nitrogens is 2. The minimum Gasteiger partial charge on any atom is -0.341 e. The molecular formula is C14H17F2N3O. The second-order valence-electron chi connectivity index (χ2n) is 4.59. The smallest absolute Gasteiger partial charge is 0.245 e. The lowest BCUT2D eigenvalue weighted by Crippen LogP contribution is -2.35. The lowest BCUT2D eigenvalue weighted by Gasteiger charge is -2.23. The number of hydrogen-bond acceptors (Lipinski definition) is 2. The quantitative estimate of drug-likeness (QED) is 0.864. The van der Waals surface area contributed by atoms with E-state index in [1.54, 1.807) is 16.4 Å². The van der Waals surface area contributed by atoms with E-state index in [-0.39, 0.29) is 5.91 Å². The maximum atomic E-state index is 13.4. The lowest BCUT2D eigenvalue weighted by molar-refractivity contribution is -0.133. The van der Waals surface area contributed by atoms with Gasteiger partial charge in [-0.05, 0) is 20.8 Å². The van der Waals surface area contributed by atoms with Crippen molar-refractivity contribution >= 4 is 16.9 Å². The van der Waals surface area contributed by atoms with E-state index in [9.17, 15) is 13.6 Å². The van der Waals surface area contributed by atoms with Crippen LogP contribution in [0.1, 0.15) is 26.8 Å².